The zero-order valence-electron chi connectivity index (χ0n) is 21.8. The number of aliphatic hydroxyl groups is 1. The molecule has 0 aliphatic carbocycles. The van der Waals surface area contributed by atoms with Crippen molar-refractivity contribution in [2.75, 3.05) is 40.9 Å². The molecule has 192 valence electrons. The van der Waals surface area contributed by atoms with E-state index in [0.717, 1.165) is 37.1 Å². The Balaban J connectivity index is 1.45. The van der Waals surface area contributed by atoms with Crippen molar-refractivity contribution in [3.63, 3.8) is 0 Å². The Kier molecular flexibility index (Phi) is 8.52. The Morgan fingerprint density at radius 1 is 0.944 bits per heavy atom. The average molecular weight is 491 g/mol. The lowest BCUT2D eigenvalue weighted by molar-refractivity contribution is -0.0146. The summed E-state index contributed by atoms with van der Waals surface area (Å²) < 4.78 is 17.6. The van der Waals surface area contributed by atoms with Crippen LogP contribution in [0.25, 0.3) is 11.1 Å². The van der Waals surface area contributed by atoms with Gasteiger partial charge in [0, 0.05) is 38.3 Å². The summed E-state index contributed by atoms with van der Waals surface area (Å²) in [7, 11) is 5.40. The molecule has 1 fully saturated rings. The number of piperidine rings is 1. The summed E-state index contributed by atoms with van der Waals surface area (Å²) in [5.41, 5.74) is 4.97. The number of rotatable bonds is 10. The van der Waals surface area contributed by atoms with Crippen molar-refractivity contribution in [2.24, 2.45) is 0 Å². The minimum absolute atomic E-state index is 0.442. The van der Waals surface area contributed by atoms with Gasteiger partial charge in [0.25, 0.3) is 0 Å². The van der Waals surface area contributed by atoms with Crippen LogP contribution >= 0.6 is 0 Å². The molecular formula is C30H38N2O4. The van der Waals surface area contributed by atoms with Crippen molar-refractivity contribution < 1.29 is 19.3 Å². The summed E-state index contributed by atoms with van der Waals surface area (Å²) in [4.78, 5) is 2.25. The van der Waals surface area contributed by atoms with Crippen LogP contribution in [-0.2, 0) is 13.2 Å². The van der Waals surface area contributed by atoms with Crippen molar-refractivity contribution >= 4 is 0 Å². The van der Waals surface area contributed by atoms with E-state index in [1.165, 1.54) is 16.7 Å². The second kappa shape index (κ2) is 11.8. The molecule has 0 aromatic heterocycles. The molecule has 6 heteroatoms. The normalized spacial score (nSPS) is 15.5. The second-order valence-electron chi connectivity index (χ2n) is 9.68. The van der Waals surface area contributed by atoms with E-state index < -0.39 is 5.60 Å². The molecule has 0 unspecified atom stereocenters. The highest BCUT2D eigenvalue weighted by Gasteiger charge is 2.30. The zero-order chi connectivity index (χ0) is 25.5. The summed E-state index contributed by atoms with van der Waals surface area (Å²) in [6.07, 6.45) is 1.53. The maximum absolute atomic E-state index is 10.9. The van der Waals surface area contributed by atoms with Gasteiger partial charge in [-0.3, -0.25) is 0 Å². The number of benzene rings is 3. The summed E-state index contributed by atoms with van der Waals surface area (Å²) in [5, 5.41) is 14.3. The third-order valence-electron chi connectivity index (χ3n) is 7.18. The number of nitrogens with zero attached hydrogens (tertiary/aromatic N) is 1. The first-order valence-electron chi connectivity index (χ1n) is 12.6. The molecule has 0 bridgehead atoms. The molecule has 0 saturated carbocycles. The van der Waals surface area contributed by atoms with Crippen LogP contribution in [0.2, 0.25) is 0 Å². The Morgan fingerprint density at radius 3 is 2.25 bits per heavy atom. The van der Waals surface area contributed by atoms with Crippen LogP contribution in [0, 0.1) is 6.92 Å². The summed E-state index contributed by atoms with van der Waals surface area (Å²) >= 11 is 0. The van der Waals surface area contributed by atoms with Gasteiger partial charge < -0.3 is 29.5 Å². The Morgan fingerprint density at radius 2 is 1.61 bits per heavy atom. The van der Waals surface area contributed by atoms with Gasteiger partial charge in [0.1, 0.15) is 23.9 Å². The van der Waals surface area contributed by atoms with Crippen molar-refractivity contribution in [3.8, 4) is 28.4 Å². The predicted octanol–water partition coefficient (Wildman–Crippen LogP) is 4.80. The Bertz CT molecular complexity index is 1120. The van der Waals surface area contributed by atoms with Crippen LogP contribution in [0.15, 0.2) is 60.7 Å². The number of nitrogens with one attached hydrogen (secondary N) is 1. The molecule has 3 aromatic rings. The molecule has 0 amide bonds. The molecule has 1 saturated heterocycles. The lowest BCUT2D eigenvalue weighted by atomic mass is 9.91. The minimum Gasteiger partial charge on any atom is -0.496 e. The monoisotopic (exact) mass is 490 g/mol. The van der Waals surface area contributed by atoms with Gasteiger partial charge in [0.15, 0.2) is 0 Å². The molecule has 2 N–H and O–H groups in total. The third-order valence-corrected chi connectivity index (χ3v) is 7.18. The number of ether oxygens (including phenoxy) is 3. The summed E-state index contributed by atoms with van der Waals surface area (Å²) in [6.45, 7) is 5.45. The molecule has 36 heavy (non-hydrogen) atoms. The first kappa shape index (κ1) is 26.0. The van der Waals surface area contributed by atoms with Crippen LogP contribution < -0.4 is 19.5 Å². The number of hydrogen-bond donors (Lipinski definition) is 2. The zero-order valence-corrected chi connectivity index (χ0v) is 21.8. The molecule has 0 spiro atoms. The number of likely N-dealkylation sites (tertiary alicyclic amines) is 1. The highest BCUT2D eigenvalue weighted by Crippen LogP contribution is 2.35. The van der Waals surface area contributed by atoms with E-state index in [9.17, 15) is 5.11 Å². The fourth-order valence-electron chi connectivity index (χ4n) is 4.78. The molecule has 0 radical (unpaired) electrons. The summed E-state index contributed by atoms with van der Waals surface area (Å²) in [6, 6.07) is 20.5. The molecule has 6 nitrogen and oxygen atoms in total. The molecule has 3 aromatic carbocycles. The molecule has 0 atom stereocenters. The first-order valence-corrected chi connectivity index (χ1v) is 12.6. The second-order valence-corrected chi connectivity index (χ2v) is 9.68. The highest BCUT2D eigenvalue weighted by molar-refractivity contribution is 5.68. The van der Waals surface area contributed by atoms with E-state index in [1.807, 2.05) is 18.2 Å². The van der Waals surface area contributed by atoms with Crippen LogP contribution in [0.4, 0.5) is 0 Å². The molecule has 4 rings (SSSR count). The van der Waals surface area contributed by atoms with E-state index in [0.29, 0.717) is 36.9 Å². The van der Waals surface area contributed by atoms with Gasteiger partial charge in [-0.15, -0.1) is 0 Å². The maximum atomic E-state index is 10.9. The van der Waals surface area contributed by atoms with Gasteiger partial charge in [-0.2, -0.15) is 0 Å². The van der Waals surface area contributed by atoms with Crippen LogP contribution in [0.3, 0.4) is 0 Å². The lowest BCUT2D eigenvalue weighted by Crippen LogP contribution is -2.48. The fraction of sp³-hybridized carbons (Fsp3) is 0.400. The van der Waals surface area contributed by atoms with Gasteiger partial charge in [-0.05, 0) is 49.1 Å². The van der Waals surface area contributed by atoms with Gasteiger partial charge in [0.2, 0.25) is 0 Å². The Hall–Kier alpha value is -3.06. The van der Waals surface area contributed by atoms with E-state index >= 15 is 0 Å². The highest BCUT2D eigenvalue weighted by atomic mass is 16.5. The topological polar surface area (TPSA) is 63.2 Å². The first-order chi connectivity index (χ1) is 17.4. The van der Waals surface area contributed by atoms with Gasteiger partial charge in [0.05, 0.1) is 25.4 Å². The van der Waals surface area contributed by atoms with E-state index in [1.54, 1.807) is 14.2 Å². The third kappa shape index (κ3) is 6.19. The smallest absolute Gasteiger partial charge is 0.130 e. The maximum Gasteiger partial charge on any atom is 0.130 e. The standard InChI is InChI=1S/C30H38N2O4/c1-22-24(11-8-12-26(22)23-9-6-5-7-10-23)20-36-25-17-28(34-3)27(29(18-25)35-4)19-31-21-30(33)13-15-32(2)16-14-30/h5-12,17-18,31,33H,13-16,19-21H2,1-4H3. The van der Waals surface area contributed by atoms with Gasteiger partial charge in [-0.25, -0.2) is 0 Å². The van der Waals surface area contributed by atoms with Crippen molar-refractivity contribution in [3.05, 3.63) is 77.4 Å². The van der Waals surface area contributed by atoms with Crippen molar-refractivity contribution in [1.82, 2.24) is 10.2 Å². The number of methoxy groups -OCH3 is 2. The SMILES string of the molecule is COc1cc(OCc2cccc(-c3ccccc3)c2C)cc(OC)c1CNCC1(O)CCN(C)CC1. The average Bonchev–Trinajstić information content (AvgIpc) is 2.90. The van der Waals surface area contributed by atoms with Crippen LogP contribution in [-0.4, -0.2) is 56.5 Å². The van der Waals surface area contributed by atoms with Crippen molar-refractivity contribution in [2.45, 2.75) is 38.5 Å². The Labute approximate surface area is 214 Å². The largest absolute Gasteiger partial charge is 0.496 e. The van der Waals surface area contributed by atoms with E-state index in [-0.39, 0.29) is 0 Å². The predicted molar refractivity (Wildman–Crippen MR) is 144 cm³/mol. The quantitative estimate of drug-likeness (QED) is 0.426. The molecular weight excluding hydrogens is 452 g/mol. The van der Waals surface area contributed by atoms with Gasteiger partial charge >= 0.3 is 0 Å². The molecule has 1 aliphatic heterocycles. The van der Waals surface area contributed by atoms with E-state index in [4.69, 9.17) is 14.2 Å². The minimum atomic E-state index is -0.678. The molecule has 1 heterocycles. The number of hydrogen-bond acceptors (Lipinski definition) is 6. The van der Waals surface area contributed by atoms with Gasteiger partial charge in [-0.1, -0.05) is 48.5 Å². The van der Waals surface area contributed by atoms with E-state index in [2.05, 4.69) is 66.7 Å². The summed E-state index contributed by atoms with van der Waals surface area (Å²) in [5.74, 6) is 2.08. The fourth-order valence-corrected chi connectivity index (χ4v) is 4.78. The van der Waals surface area contributed by atoms with Crippen molar-refractivity contribution in [1.29, 1.82) is 0 Å². The van der Waals surface area contributed by atoms with Crippen LogP contribution in [0.1, 0.15) is 29.5 Å². The lowest BCUT2D eigenvalue weighted by Gasteiger charge is -2.36. The van der Waals surface area contributed by atoms with Crippen LogP contribution in [0.5, 0.6) is 17.2 Å². The molecule has 1 aliphatic rings.